The quantitative estimate of drug-likeness (QED) is 0.529. The molecule has 0 saturated carbocycles. The highest BCUT2D eigenvalue weighted by Crippen LogP contribution is 2.32. The van der Waals surface area contributed by atoms with Crippen LogP contribution in [0.15, 0.2) is 11.1 Å². The van der Waals surface area contributed by atoms with Crippen LogP contribution >= 0.6 is 0 Å². The largest absolute Gasteiger partial charge is 0.0736 e. The summed E-state index contributed by atoms with van der Waals surface area (Å²) < 4.78 is 0. The summed E-state index contributed by atoms with van der Waals surface area (Å²) in [6.45, 7) is 20.9. The maximum atomic E-state index is 2.37. The van der Waals surface area contributed by atoms with E-state index in [9.17, 15) is 0 Å². The third-order valence-corrected chi connectivity index (χ3v) is 3.13. The van der Waals surface area contributed by atoms with Gasteiger partial charge in [-0.3, -0.25) is 0 Å². The minimum Gasteiger partial charge on any atom is -0.0736 e. The van der Waals surface area contributed by atoms with E-state index in [1.165, 1.54) is 12.8 Å². The fourth-order valence-electron chi connectivity index (χ4n) is 2.43. The van der Waals surface area contributed by atoms with Gasteiger partial charge in [-0.15, -0.1) is 0 Å². The average molecular weight is 224 g/mol. The number of rotatable bonds is 3. The fraction of sp³-hybridized carbons (Fsp3) is 0.875. The van der Waals surface area contributed by atoms with E-state index < -0.39 is 0 Å². The van der Waals surface area contributed by atoms with E-state index in [0.29, 0.717) is 16.7 Å². The Labute approximate surface area is 104 Å². The third kappa shape index (κ3) is 7.09. The summed E-state index contributed by atoms with van der Waals surface area (Å²) in [6.07, 6.45) is 2.49. The predicted octanol–water partition coefficient (Wildman–Crippen LogP) is 5.83. The van der Waals surface area contributed by atoms with Crippen LogP contribution in [0.2, 0.25) is 0 Å². The summed E-state index contributed by atoms with van der Waals surface area (Å²) in [4.78, 5) is 0. The molecule has 16 heavy (non-hydrogen) atoms. The van der Waals surface area contributed by atoms with Crippen LogP contribution in [-0.2, 0) is 0 Å². The lowest BCUT2D eigenvalue weighted by atomic mass is 9.79. The molecule has 0 N–H and O–H groups in total. The van der Waals surface area contributed by atoms with E-state index in [1.54, 1.807) is 11.1 Å². The van der Waals surface area contributed by atoms with Crippen LogP contribution in [0, 0.1) is 16.7 Å². The van der Waals surface area contributed by atoms with Crippen LogP contribution in [0.25, 0.3) is 0 Å². The van der Waals surface area contributed by atoms with Gasteiger partial charge in [-0.05, 0) is 43.4 Å². The molecular formula is C16H32. The van der Waals surface area contributed by atoms with Crippen molar-refractivity contribution in [2.45, 2.75) is 75.2 Å². The molecule has 0 spiro atoms. The molecule has 1 atom stereocenters. The Hall–Kier alpha value is -0.260. The molecule has 0 amide bonds. The summed E-state index contributed by atoms with van der Waals surface area (Å²) in [5, 5.41) is 0. The molecule has 0 aliphatic rings. The normalized spacial score (nSPS) is 17.1. The lowest BCUT2D eigenvalue weighted by Gasteiger charge is -2.27. The minimum atomic E-state index is 0.410. The molecule has 0 fully saturated rings. The van der Waals surface area contributed by atoms with E-state index in [4.69, 9.17) is 0 Å². The molecule has 0 aromatic heterocycles. The molecule has 0 rings (SSSR count). The monoisotopic (exact) mass is 224 g/mol. The average Bonchev–Trinajstić information content (AvgIpc) is 1.96. The molecule has 0 aromatic carbocycles. The second kappa shape index (κ2) is 5.38. The first-order valence-electron chi connectivity index (χ1n) is 6.58. The van der Waals surface area contributed by atoms with Gasteiger partial charge in [0.15, 0.2) is 0 Å². The maximum Gasteiger partial charge on any atom is -0.0227 e. The molecule has 0 aliphatic carbocycles. The third-order valence-electron chi connectivity index (χ3n) is 3.13. The molecule has 0 saturated heterocycles. The van der Waals surface area contributed by atoms with Crippen LogP contribution in [0.1, 0.15) is 75.2 Å². The summed E-state index contributed by atoms with van der Waals surface area (Å²) in [7, 11) is 0. The van der Waals surface area contributed by atoms with E-state index in [0.717, 1.165) is 0 Å². The van der Waals surface area contributed by atoms with Crippen molar-refractivity contribution in [1.29, 1.82) is 0 Å². The van der Waals surface area contributed by atoms with E-state index in [2.05, 4.69) is 62.3 Å². The van der Waals surface area contributed by atoms with Gasteiger partial charge in [0, 0.05) is 0 Å². The summed E-state index contributed by atoms with van der Waals surface area (Å²) in [6, 6.07) is 0. The van der Waals surface area contributed by atoms with Crippen LogP contribution < -0.4 is 0 Å². The van der Waals surface area contributed by atoms with Crippen molar-refractivity contribution in [3.05, 3.63) is 11.1 Å². The zero-order chi connectivity index (χ0) is 13.1. The molecule has 0 nitrogen and oxygen atoms in total. The molecule has 0 aliphatic heterocycles. The molecule has 96 valence electrons. The highest BCUT2D eigenvalue weighted by atomic mass is 14.2. The molecule has 0 radical (unpaired) electrons. The molecule has 0 heterocycles. The molecule has 0 aromatic rings. The van der Waals surface area contributed by atoms with E-state index in [1.807, 2.05) is 0 Å². The van der Waals surface area contributed by atoms with Crippen molar-refractivity contribution < 1.29 is 0 Å². The second-order valence-corrected chi connectivity index (χ2v) is 7.87. The van der Waals surface area contributed by atoms with Crippen molar-refractivity contribution in [3.63, 3.8) is 0 Å². The molecule has 1 unspecified atom stereocenters. The van der Waals surface area contributed by atoms with Crippen molar-refractivity contribution in [2.24, 2.45) is 16.7 Å². The zero-order valence-corrected chi connectivity index (χ0v) is 13.0. The number of allylic oxidation sites excluding steroid dienone is 2. The van der Waals surface area contributed by atoms with Gasteiger partial charge in [0.05, 0.1) is 0 Å². The highest BCUT2D eigenvalue weighted by molar-refractivity contribution is 5.14. The van der Waals surface area contributed by atoms with Crippen molar-refractivity contribution in [2.75, 3.05) is 0 Å². The van der Waals surface area contributed by atoms with Gasteiger partial charge in [0.1, 0.15) is 0 Å². The summed E-state index contributed by atoms with van der Waals surface area (Å²) in [5.74, 6) is 0.711. The highest BCUT2D eigenvalue weighted by Gasteiger charge is 2.19. The Balaban J connectivity index is 4.63. The van der Waals surface area contributed by atoms with E-state index in [-0.39, 0.29) is 0 Å². The molecule has 0 heteroatoms. The number of hydrogen-bond acceptors (Lipinski definition) is 0. The maximum absolute atomic E-state index is 2.37. The Kier molecular flexibility index (Phi) is 5.29. The Morgan fingerprint density at radius 2 is 1.31 bits per heavy atom. The summed E-state index contributed by atoms with van der Waals surface area (Å²) in [5.41, 5.74) is 4.03. The molecule has 0 bridgehead atoms. The van der Waals surface area contributed by atoms with Crippen LogP contribution in [0.5, 0.6) is 0 Å². The topological polar surface area (TPSA) is 0 Å². The lowest BCUT2D eigenvalue weighted by Crippen LogP contribution is -2.14. The van der Waals surface area contributed by atoms with Crippen molar-refractivity contribution in [1.82, 2.24) is 0 Å². The minimum absolute atomic E-state index is 0.410. The van der Waals surface area contributed by atoms with Gasteiger partial charge in [0.2, 0.25) is 0 Å². The summed E-state index contributed by atoms with van der Waals surface area (Å²) >= 11 is 0. The first-order chi connectivity index (χ1) is 6.92. The SMILES string of the molecule is C/C(CC(C)(C)C)=C(/C)C(C)CC(C)(C)C. The fourth-order valence-corrected chi connectivity index (χ4v) is 2.43. The first kappa shape index (κ1) is 15.7. The standard InChI is InChI=1S/C16H32/c1-12(10-15(4,5)6)14(3)13(2)11-16(7,8)9/h12H,10-11H2,1-9H3/b14-13+. The van der Waals surface area contributed by atoms with Gasteiger partial charge in [-0.1, -0.05) is 59.6 Å². The second-order valence-electron chi connectivity index (χ2n) is 7.87. The number of hydrogen-bond donors (Lipinski definition) is 0. The van der Waals surface area contributed by atoms with Crippen LogP contribution in [0.3, 0.4) is 0 Å². The first-order valence-corrected chi connectivity index (χ1v) is 6.58. The van der Waals surface area contributed by atoms with Crippen LogP contribution in [0.4, 0.5) is 0 Å². The van der Waals surface area contributed by atoms with Crippen molar-refractivity contribution in [3.8, 4) is 0 Å². The van der Waals surface area contributed by atoms with Gasteiger partial charge in [-0.2, -0.15) is 0 Å². The predicted molar refractivity (Wildman–Crippen MR) is 75.7 cm³/mol. The Bertz CT molecular complexity index is 242. The van der Waals surface area contributed by atoms with Gasteiger partial charge >= 0.3 is 0 Å². The zero-order valence-electron chi connectivity index (χ0n) is 13.0. The van der Waals surface area contributed by atoms with Crippen LogP contribution in [-0.4, -0.2) is 0 Å². The van der Waals surface area contributed by atoms with Gasteiger partial charge in [0.25, 0.3) is 0 Å². The molecular weight excluding hydrogens is 192 g/mol. The van der Waals surface area contributed by atoms with Gasteiger partial charge in [-0.25, -0.2) is 0 Å². The van der Waals surface area contributed by atoms with Gasteiger partial charge < -0.3 is 0 Å². The lowest BCUT2D eigenvalue weighted by molar-refractivity contribution is 0.326. The van der Waals surface area contributed by atoms with E-state index >= 15 is 0 Å². The Morgan fingerprint density at radius 3 is 1.62 bits per heavy atom. The Morgan fingerprint density at radius 1 is 0.875 bits per heavy atom. The van der Waals surface area contributed by atoms with Crippen molar-refractivity contribution >= 4 is 0 Å². The smallest absolute Gasteiger partial charge is 0.0227 e.